The lowest BCUT2D eigenvalue weighted by molar-refractivity contribution is -0.193. The Labute approximate surface area is 147 Å². The normalized spacial score (nSPS) is 26.9. The van der Waals surface area contributed by atoms with Gasteiger partial charge in [-0.3, -0.25) is 0 Å². The first-order chi connectivity index (χ1) is 11.3. The maximum Gasteiger partial charge on any atom is 0.192 e. The molecule has 2 heterocycles. The molecule has 2 rings (SSSR count). The van der Waals surface area contributed by atoms with Gasteiger partial charge in [0.05, 0.1) is 26.4 Å². The summed E-state index contributed by atoms with van der Waals surface area (Å²) < 4.78 is 33.8. The molecule has 0 radical (unpaired) electrons. The van der Waals surface area contributed by atoms with Gasteiger partial charge >= 0.3 is 0 Å². The smallest absolute Gasteiger partial charge is 0.192 e. The Morgan fingerprint density at radius 2 is 1.62 bits per heavy atom. The zero-order valence-corrected chi connectivity index (χ0v) is 16.8. The van der Waals surface area contributed by atoms with Crippen molar-refractivity contribution in [2.45, 2.75) is 57.4 Å². The third-order valence-corrected chi connectivity index (χ3v) is 7.10. The molecule has 7 heteroatoms. The Balaban J connectivity index is 1.68. The fourth-order valence-electron chi connectivity index (χ4n) is 2.54. The Morgan fingerprint density at radius 1 is 1.08 bits per heavy atom. The molecule has 0 spiro atoms. The first kappa shape index (κ1) is 20.3. The number of ether oxygens (including phenoxy) is 5. The number of hydrogen-bond acceptors (Lipinski definition) is 6. The van der Waals surface area contributed by atoms with Crippen molar-refractivity contribution in [2.75, 3.05) is 46.8 Å². The fraction of sp³-hybridized carbons (Fsp3) is 1.00. The van der Waals surface area contributed by atoms with Crippen LogP contribution in [0.3, 0.4) is 0 Å². The van der Waals surface area contributed by atoms with Gasteiger partial charge in [0.15, 0.2) is 14.1 Å². The van der Waals surface area contributed by atoms with Gasteiger partial charge in [-0.1, -0.05) is 6.92 Å². The zero-order chi connectivity index (χ0) is 17.6. The molecular weight excluding hydrogens is 328 g/mol. The van der Waals surface area contributed by atoms with Gasteiger partial charge in [0.2, 0.25) is 0 Å². The van der Waals surface area contributed by atoms with E-state index in [1.807, 2.05) is 6.92 Å². The summed E-state index contributed by atoms with van der Waals surface area (Å²) in [4.78, 5) is 0. The van der Waals surface area contributed by atoms with Crippen molar-refractivity contribution in [3.63, 3.8) is 0 Å². The monoisotopic (exact) mass is 362 g/mol. The molecule has 0 aromatic rings. The molecule has 2 fully saturated rings. The predicted molar refractivity (Wildman–Crippen MR) is 93.7 cm³/mol. The minimum Gasteiger partial charge on any atom is -0.390 e. The SMILES string of the molecule is COC(C)(O[Si](C)(C)CCOCC1CO1)C(C)CCOCC1CO1. The molecular formula is C17H34O6Si. The van der Waals surface area contributed by atoms with Gasteiger partial charge in [0, 0.05) is 26.2 Å². The second-order valence-electron chi connectivity index (χ2n) is 7.58. The minimum absolute atomic E-state index is 0.246. The highest BCUT2D eigenvalue weighted by Gasteiger charge is 2.39. The summed E-state index contributed by atoms with van der Waals surface area (Å²) in [6.45, 7) is 13.1. The Bertz CT molecular complexity index is 372. The summed E-state index contributed by atoms with van der Waals surface area (Å²) in [6.07, 6.45) is 1.54. The summed E-state index contributed by atoms with van der Waals surface area (Å²) in [7, 11) is -0.158. The van der Waals surface area contributed by atoms with E-state index in [0.717, 1.165) is 32.3 Å². The van der Waals surface area contributed by atoms with Crippen LogP contribution in [0.15, 0.2) is 0 Å². The van der Waals surface area contributed by atoms with E-state index in [4.69, 9.17) is 28.1 Å². The topological polar surface area (TPSA) is 62.0 Å². The van der Waals surface area contributed by atoms with Gasteiger partial charge in [-0.25, -0.2) is 0 Å². The van der Waals surface area contributed by atoms with E-state index in [1.54, 1.807) is 7.11 Å². The van der Waals surface area contributed by atoms with E-state index in [2.05, 4.69) is 20.0 Å². The van der Waals surface area contributed by atoms with Crippen LogP contribution in [-0.4, -0.2) is 73.1 Å². The Kier molecular flexibility index (Phi) is 7.67. The first-order valence-corrected chi connectivity index (χ1v) is 12.1. The summed E-state index contributed by atoms with van der Waals surface area (Å²) in [6, 6.07) is 0.945. The second kappa shape index (κ2) is 9.07. The summed E-state index contributed by atoms with van der Waals surface area (Å²) in [5.74, 6) is -0.343. The summed E-state index contributed by atoms with van der Waals surface area (Å²) >= 11 is 0. The van der Waals surface area contributed by atoms with E-state index >= 15 is 0 Å². The van der Waals surface area contributed by atoms with Crippen LogP contribution >= 0.6 is 0 Å². The Morgan fingerprint density at radius 3 is 2.12 bits per heavy atom. The number of rotatable bonds is 14. The van der Waals surface area contributed by atoms with E-state index in [0.29, 0.717) is 32.0 Å². The average molecular weight is 363 g/mol. The fourth-order valence-corrected chi connectivity index (χ4v) is 4.66. The highest BCUT2D eigenvalue weighted by atomic mass is 28.4. The Hall–Kier alpha value is -0.0231. The third-order valence-electron chi connectivity index (χ3n) is 4.74. The largest absolute Gasteiger partial charge is 0.390 e. The van der Waals surface area contributed by atoms with E-state index in [1.165, 1.54) is 0 Å². The number of epoxide rings is 2. The van der Waals surface area contributed by atoms with Crippen LogP contribution in [0, 0.1) is 5.92 Å². The van der Waals surface area contributed by atoms with Crippen LogP contribution in [0.4, 0.5) is 0 Å². The lowest BCUT2D eigenvalue weighted by Gasteiger charge is -2.40. The van der Waals surface area contributed by atoms with Crippen LogP contribution in [-0.2, 0) is 28.1 Å². The van der Waals surface area contributed by atoms with E-state index < -0.39 is 14.1 Å². The molecule has 0 aromatic heterocycles. The van der Waals surface area contributed by atoms with E-state index in [9.17, 15) is 0 Å². The molecule has 2 aliphatic heterocycles. The standard InChI is InChI=1S/C17H34O6Si/c1-14(6-7-19-10-15-12-21-15)17(2,18-3)23-24(4,5)9-8-20-11-16-13-22-16/h14-16H,6-13H2,1-5H3. The quantitative estimate of drug-likeness (QED) is 0.205. The van der Waals surface area contributed by atoms with Gasteiger partial charge in [-0.15, -0.1) is 0 Å². The average Bonchev–Trinajstić information content (AvgIpc) is 3.42. The lowest BCUT2D eigenvalue weighted by Crippen LogP contribution is -2.48. The van der Waals surface area contributed by atoms with Gasteiger partial charge in [-0.2, -0.15) is 0 Å². The van der Waals surface area contributed by atoms with Crippen LogP contribution in [0.5, 0.6) is 0 Å². The second-order valence-corrected chi connectivity index (χ2v) is 11.8. The van der Waals surface area contributed by atoms with Crippen molar-refractivity contribution < 1.29 is 28.1 Å². The van der Waals surface area contributed by atoms with Crippen molar-refractivity contribution in [1.82, 2.24) is 0 Å². The summed E-state index contributed by atoms with van der Waals surface area (Å²) in [5.41, 5.74) is 0. The maximum absolute atomic E-state index is 6.47. The van der Waals surface area contributed by atoms with Gasteiger partial charge in [0.25, 0.3) is 0 Å². The predicted octanol–water partition coefficient (Wildman–Crippen LogP) is 2.43. The molecule has 0 saturated carbocycles. The third kappa shape index (κ3) is 7.47. The highest BCUT2D eigenvalue weighted by molar-refractivity contribution is 6.71. The molecule has 142 valence electrons. The van der Waals surface area contributed by atoms with Crippen molar-refractivity contribution in [1.29, 1.82) is 0 Å². The number of hydrogen-bond donors (Lipinski definition) is 0. The molecule has 2 aliphatic rings. The molecule has 24 heavy (non-hydrogen) atoms. The van der Waals surface area contributed by atoms with Crippen molar-refractivity contribution in [3.8, 4) is 0 Å². The van der Waals surface area contributed by atoms with Crippen LogP contribution in [0.2, 0.25) is 19.1 Å². The molecule has 0 aliphatic carbocycles. The van der Waals surface area contributed by atoms with Crippen LogP contribution < -0.4 is 0 Å². The molecule has 0 N–H and O–H groups in total. The molecule has 0 aromatic carbocycles. The minimum atomic E-state index is -1.88. The molecule has 0 bridgehead atoms. The molecule has 0 amide bonds. The van der Waals surface area contributed by atoms with Crippen molar-refractivity contribution in [3.05, 3.63) is 0 Å². The highest BCUT2D eigenvalue weighted by Crippen LogP contribution is 2.30. The van der Waals surface area contributed by atoms with Crippen LogP contribution in [0.1, 0.15) is 20.3 Å². The van der Waals surface area contributed by atoms with Gasteiger partial charge in [-0.05, 0) is 32.5 Å². The van der Waals surface area contributed by atoms with E-state index in [-0.39, 0.29) is 5.92 Å². The number of methoxy groups -OCH3 is 1. The zero-order valence-electron chi connectivity index (χ0n) is 15.8. The maximum atomic E-state index is 6.47. The molecule has 4 atom stereocenters. The summed E-state index contributed by atoms with van der Waals surface area (Å²) in [5, 5.41) is 0. The van der Waals surface area contributed by atoms with Crippen molar-refractivity contribution in [2.24, 2.45) is 5.92 Å². The lowest BCUT2D eigenvalue weighted by atomic mass is 9.99. The first-order valence-electron chi connectivity index (χ1n) is 8.98. The van der Waals surface area contributed by atoms with Crippen LogP contribution in [0.25, 0.3) is 0 Å². The van der Waals surface area contributed by atoms with Gasteiger partial charge < -0.3 is 28.1 Å². The van der Waals surface area contributed by atoms with Crippen molar-refractivity contribution >= 4 is 8.32 Å². The van der Waals surface area contributed by atoms with Gasteiger partial charge in [0.1, 0.15) is 12.2 Å². The molecule has 2 saturated heterocycles. The molecule has 4 unspecified atom stereocenters. The molecule has 6 nitrogen and oxygen atoms in total.